The number of aliphatic carboxylic acids is 1. The van der Waals surface area contributed by atoms with Crippen molar-refractivity contribution in [2.24, 2.45) is 16.6 Å². The predicted molar refractivity (Wildman–Crippen MR) is 61.0 cm³/mol. The van der Waals surface area contributed by atoms with Crippen molar-refractivity contribution in [2.75, 3.05) is 0 Å². The molecule has 0 aliphatic carbocycles. The second kappa shape index (κ2) is 5.71. The SMILES string of the molecule is NC(N)=NN(O)C(Cc1ccccc1)C(=O)O. The maximum atomic E-state index is 11.0. The third kappa shape index (κ3) is 3.99. The Labute approximate surface area is 97.9 Å². The molecule has 92 valence electrons. The van der Waals surface area contributed by atoms with Gasteiger partial charge in [0.15, 0.2) is 6.04 Å². The number of hydroxylamine groups is 1. The molecule has 0 radical (unpaired) electrons. The molecule has 7 heteroatoms. The fourth-order valence-corrected chi connectivity index (χ4v) is 1.29. The molecule has 1 rings (SSSR count). The Kier molecular flexibility index (Phi) is 4.29. The van der Waals surface area contributed by atoms with Crippen molar-refractivity contribution in [2.45, 2.75) is 12.5 Å². The summed E-state index contributed by atoms with van der Waals surface area (Å²) >= 11 is 0. The van der Waals surface area contributed by atoms with Gasteiger partial charge in [0.25, 0.3) is 0 Å². The molecule has 0 spiro atoms. The fraction of sp³-hybridized carbons (Fsp3) is 0.200. The van der Waals surface area contributed by atoms with E-state index < -0.39 is 18.0 Å². The lowest BCUT2D eigenvalue weighted by Crippen LogP contribution is -2.40. The van der Waals surface area contributed by atoms with Crippen LogP contribution in [0.25, 0.3) is 0 Å². The topological polar surface area (TPSA) is 125 Å². The van der Waals surface area contributed by atoms with Gasteiger partial charge in [-0.2, -0.15) is 5.17 Å². The van der Waals surface area contributed by atoms with Gasteiger partial charge in [-0.25, -0.2) is 4.79 Å². The summed E-state index contributed by atoms with van der Waals surface area (Å²) < 4.78 is 0. The van der Waals surface area contributed by atoms with Crippen molar-refractivity contribution >= 4 is 11.9 Å². The molecule has 0 aromatic heterocycles. The van der Waals surface area contributed by atoms with E-state index in [0.717, 1.165) is 5.56 Å². The van der Waals surface area contributed by atoms with E-state index in [1.165, 1.54) is 0 Å². The summed E-state index contributed by atoms with van der Waals surface area (Å²) in [6, 6.07) is 7.62. The normalized spacial score (nSPS) is 11.6. The lowest BCUT2D eigenvalue weighted by molar-refractivity contribution is -0.169. The van der Waals surface area contributed by atoms with E-state index in [9.17, 15) is 10.0 Å². The first-order valence-corrected chi connectivity index (χ1v) is 4.85. The van der Waals surface area contributed by atoms with Gasteiger partial charge in [0, 0.05) is 6.42 Å². The van der Waals surface area contributed by atoms with Crippen LogP contribution in [0.1, 0.15) is 5.56 Å². The van der Waals surface area contributed by atoms with Gasteiger partial charge in [0.2, 0.25) is 5.96 Å². The first kappa shape index (κ1) is 12.8. The van der Waals surface area contributed by atoms with E-state index in [0.29, 0.717) is 0 Å². The van der Waals surface area contributed by atoms with Crippen molar-refractivity contribution < 1.29 is 15.1 Å². The molecule has 0 fully saturated rings. The van der Waals surface area contributed by atoms with Crippen molar-refractivity contribution in [1.82, 2.24) is 5.17 Å². The van der Waals surface area contributed by atoms with E-state index in [1.807, 2.05) is 6.07 Å². The zero-order chi connectivity index (χ0) is 12.8. The second-order valence-corrected chi connectivity index (χ2v) is 3.39. The molecule has 1 unspecified atom stereocenters. The number of carboxylic acid groups (broad SMARTS) is 1. The number of benzene rings is 1. The van der Waals surface area contributed by atoms with Crippen LogP contribution >= 0.6 is 0 Å². The minimum Gasteiger partial charge on any atom is -0.480 e. The van der Waals surface area contributed by atoms with Crippen molar-refractivity contribution in [3.63, 3.8) is 0 Å². The number of hydrogen-bond acceptors (Lipinski definition) is 4. The fourth-order valence-electron chi connectivity index (χ4n) is 1.29. The largest absolute Gasteiger partial charge is 0.480 e. The number of nitrogens with zero attached hydrogens (tertiary/aromatic N) is 2. The van der Waals surface area contributed by atoms with Crippen molar-refractivity contribution in [3.05, 3.63) is 35.9 Å². The molecule has 0 aliphatic heterocycles. The molecule has 7 nitrogen and oxygen atoms in total. The molecule has 6 N–H and O–H groups in total. The molecular formula is C10H14N4O3. The van der Waals surface area contributed by atoms with Gasteiger partial charge in [-0.3, -0.25) is 5.21 Å². The summed E-state index contributed by atoms with van der Waals surface area (Å²) in [5, 5.41) is 21.9. The van der Waals surface area contributed by atoms with Gasteiger partial charge in [-0.05, 0) is 5.56 Å². The molecule has 0 aliphatic rings. The van der Waals surface area contributed by atoms with E-state index in [1.54, 1.807) is 24.3 Å². The summed E-state index contributed by atoms with van der Waals surface area (Å²) in [7, 11) is 0. The third-order valence-electron chi connectivity index (χ3n) is 2.05. The molecule has 1 aromatic carbocycles. The Morgan fingerprint density at radius 2 is 1.94 bits per heavy atom. The lowest BCUT2D eigenvalue weighted by atomic mass is 10.1. The Morgan fingerprint density at radius 3 is 2.41 bits per heavy atom. The zero-order valence-corrected chi connectivity index (χ0v) is 9.02. The molecule has 0 heterocycles. The van der Waals surface area contributed by atoms with Crippen LogP contribution in [0.3, 0.4) is 0 Å². The number of rotatable bonds is 5. The summed E-state index contributed by atoms with van der Waals surface area (Å²) in [5.74, 6) is -1.63. The maximum Gasteiger partial charge on any atom is 0.331 e. The van der Waals surface area contributed by atoms with E-state index >= 15 is 0 Å². The third-order valence-corrected chi connectivity index (χ3v) is 2.05. The van der Waals surface area contributed by atoms with Crippen LogP contribution < -0.4 is 11.5 Å². The molecular weight excluding hydrogens is 224 g/mol. The average Bonchev–Trinajstić information content (AvgIpc) is 2.25. The van der Waals surface area contributed by atoms with Gasteiger partial charge in [-0.15, -0.1) is 5.10 Å². The molecule has 17 heavy (non-hydrogen) atoms. The monoisotopic (exact) mass is 238 g/mol. The first-order valence-electron chi connectivity index (χ1n) is 4.85. The van der Waals surface area contributed by atoms with Crippen LogP contribution in [0, 0.1) is 0 Å². The van der Waals surface area contributed by atoms with Gasteiger partial charge in [0.05, 0.1) is 0 Å². The number of guanidine groups is 1. The van der Waals surface area contributed by atoms with E-state index in [2.05, 4.69) is 5.10 Å². The predicted octanol–water partition coefficient (Wildman–Crippen LogP) is -0.438. The number of hydrogen-bond donors (Lipinski definition) is 4. The van der Waals surface area contributed by atoms with Crippen LogP contribution in [-0.2, 0) is 11.2 Å². The van der Waals surface area contributed by atoms with Crippen LogP contribution in [-0.4, -0.2) is 33.5 Å². The summed E-state index contributed by atoms with van der Waals surface area (Å²) in [5.41, 5.74) is 10.9. The van der Waals surface area contributed by atoms with E-state index in [-0.39, 0.29) is 11.6 Å². The summed E-state index contributed by atoms with van der Waals surface area (Å²) in [4.78, 5) is 11.0. The zero-order valence-electron chi connectivity index (χ0n) is 9.02. The Morgan fingerprint density at radius 1 is 1.35 bits per heavy atom. The molecule has 1 atom stereocenters. The van der Waals surface area contributed by atoms with Crippen molar-refractivity contribution in [3.8, 4) is 0 Å². The number of carbonyl (C=O) groups is 1. The molecule has 0 amide bonds. The van der Waals surface area contributed by atoms with Gasteiger partial charge in [0.1, 0.15) is 0 Å². The Hall–Kier alpha value is -2.28. The minimum absolute atomic E-state index is 0.0868. The Balaban J connectivity index is 2.81. The Bertz CT molecular complexity index is 403. The van der Waals surface area contributed by atoms with Gasteiger partial charge < -0.3 is 16.6 Å². The van der Waals surface area contributed by atoms with Gasteiger partial charge in [-0.1, -0.05) is 30.3 Å². The minimum atomic E-state index is -1.24. The number of nitrogens with two attached hydrogens (primary N) is 2. The number of hydrazone groups is 1. The molecule has 0 saturated heterocycles. The molecule has 0 bridgehead atoms. The van der Waals surface area contributed by atoms with E-state index in [4.69, 9.17) is 16.6 Å². The number of carboxylic acids is 1. The van der Waals surface area contributed by atoms with Crippen LogP contribution in [0.5, 0.6) is 0 Å². The standard InChI is InChI=1S/C10H14N4O3/c11-10(12)13-14(17)8(9(15)16)6-7-4-2-1-3-5-7/h1-5,8,17H,6H2,(H,15,16)(H4,11,12,13). The molecule has 1 aromatic rings. The first-order chi connectivity index (χ1) is 8.00. The van der Waals surface area contributed by atoms with Crippen LogP contribution in [0.15, 0.2) is 35.4 Å². The van der Waals surface area contributed by atoms with Crippen LogP contribution in [0.4, 0.5) is 0 Å². The highest BCUT2D eigenvalue weighted by Gasteiger charge is 2.24. The highest BCUT2D eigenvalue weighted by atomic mass is 16.5. The van der Waals surface area contributed by atoms with Gasteiger partial charge >= 0.3 is 5.97 Å². The highest BCUT2D eigenvalue weighted by molar-refractivity contribution is 5.76. The molecule has 0 saturated carbocycles. The summed E-state index contributed by atoms with van der Waals surface area (Å²) in [6.45, 7) is 0. The summed E-state index contributed by atoms with van der Waals surface area (Å²) in [6.07, 6.45) is 0.0868. The van der Waals surface area contributed by atoms with Crippen molar-refractivity contribution in [1.29, 1.82) is 0 Å². The van der Waals surface area contributed by atoms with Crippen LogP contribution in [0.2, 0.25) is 0 Å². The maximum absolute atomic E-state index is 11.0. The second-order valence-electron chi connectivity index (χ2n) is 3.39. The highest BCUT2D eigenvalue weighted by Crippen LogP contribution is 2.08. The smallest absolute Gasteiger partial charge is 0.331 e. The lowest BCUT2D eigenvalue weighted by Gasteiger charge is -2.19. The average molecular weight is 238 g/mol. The quantitative estimate of drug-likeness (QED) is 0.313.